The number of carbonyl (C=O) groups excluding carboxylic acids is 1. The fourth-order valence-corrected chi connectivity index (χ4v) is 2.65. The molecule has 0 aliphatic carbocycles. The van der Waals surface area contributed by atoms with Crippen molar-refractivity contribution in [3.8, 4) is 0 Å². The highest BCUT2D eigenvalue weighted by Crippen LogP contribution is 2.08. The maximum atomic E-state index is 11.5. The number of aryl methyl sites for hydroxylation is 1. The molecule has 0 aliphatic rings. The van der Waals surface area contributed by atoms with E-state index in [2.05, 4.69) is 0 Å². The van der Waals surface area contributed by atoms with Crippen LogP contribution in [0.5, 0.6) is 0 Å². The van der Waals surface area contributed by atoms with Crippen LogP contribution in [0.2, 0.25) is 0 Å². The molecule has 0 unspecified atom stereocenters. The van der Waals surface area contributed by atoms with Crippen LogP contribution in [-0.2, 0) is 26.3 Å². The normalized spacial score (nSPS) is 11.9. The minimum atomic E-state index is -4.02. The van der Waals surface area contributed by atoms with Gasteiger partial charge in [-0.25, -0.2) is 0 Å². The van der Waals surface area contributed by atoms with Crippen LogP contribution in [0.1, 0.15) is 30.4 Å². The summed E-state index contributed by atoms with van der Waals surface area (Å²) < 4.78 is 34.7. The molecule has 0 amide bonds. The first-order chi connectivity index (χ1) is 13.2. The van der Waals surface area contributed by atoms with Gasteiger partial charge in [-0.1, -0.05) is 54.4 Å². The molecule has 5 N–H and O–H groups in total. The van der Waals surface area contributed by atoms with Crippen LogP contribution >= 0.6 is 0 Å². The number of esters is 1. The Morgan fingerprint density at radius 1 is 1.07 bits per heavy atom. The SMILES string of the molecule is Cc1ccc(S(=O)(=O)O)cc1.NCCCC[C@@H](N)C(=O)OCc1ccccc1. The Hall–Kier alpha value is -2.26. The summed E-state index contributed by atoms with van der Waals surface area (Å²) in [5.41, 5.74) is 13.0. The first-order valence-electron chi connectivity index (χ1n) is 8.94. The van der Waals surface area contributed by atoms with E-state index in [1.807, 2.05) is 37.3 Å². The van der Waals surface area contributed by atoms with Gasteiger partial charge in [0.15, 0.2) is 0 Å². The molecule has 2 aromatic rings. The number of rotatable bonds is 8. The molecule has 0 radical (unpaired) electrons. The van der Waals surface area contributed by atoms with Gasteiger partial charge >= 0.3 is 5.97 Å². The molecule has 7 nitrogen and oxygen atoms in total. The third-order valence-corrected chi connectivity index (χ3v) is 4.68. The zero-order valence-corrected chi connectivity index (χ0v) is 16.8. The molecule has 2 rings (SSSR count). The fourth-order valence-electron chi connectivity index (χ4n) is 2.17. The highest BCUT2D eigenvalue weighted by atomic mass is 32.2. The zero-order chi connectivity index (χ0) is 21.0. The van der Waals surface area contributed by atoms with Crippen molar-refractivity contribution < 1.29 is 22.5 Å². The van der Waals surface area contributed by atoms with E-state index in [-0.39, 0.29) is 17.5 Å². The van der Waals surface area contributed by atoms with E-state index in [0.29, 0.717) is 13.0 Å². The number of nitrogens with two attached hydrogens (primary N) is 2. The Kier molecular flexibility index (Phi) is 10.4. The molecule has 28 heavy (non-hydrogen) atoms. The largest absolute Gasteiger partial charge is 0.460 e. The minimum absolute atomic E-state index is 0.0666. The van der Waals surface area contributed by atoms with Crippen LogP contribution in [-0.4, -0.2) is 31.5 Å². The maximum Gasteiger partial charge on any atom is 0.323 e. The lowest BCUT2D eigenvalue weighted by Crippen LogP contribution is -2.32. The second kappa shape index (κ2) is 12.2. The van der Waals surface area contributed by atoms with Crippen molar-refractivity contribution in [2.75, 3.05) is 6.54 Å². The lowest BCUT2D eigenvalue weighted by Gasteiger charge is -2.11. The van der Waals surface area contributed by atoms with Crippen molar-refractivity contribution in [3.63, 3.8) is 0 Å². The number of hydrogen-bond acceptors (Lipinski definition) is 6. The van der Waals surface area contributed by atoms with Gasteiger partial charge in [-0.3, -0.25) is 9.35 Å². The Morgan fingerprint density at radius 2 is 1.68 bits per heavy atom. The van der Waals surface area contributed by atoms with Crippen LogP contribution in [0.15, 0.2) is 59.5 Å². The van der Waals surface area contributed by atoms with Crippen molar-refractivity contribution >= 4 is 16.1 Å². The molecule has 0 aromatic heterocycles. The molecule has 0 saturated heterocycles. The first kappa shape index (κ1) is 23.8. The van der Waals surface area contributed by atoms with Gasteiger partial charge in [-0.05, 0) is 44.0 Å². The van der Waals surface area contributed by atoms with Crippen molar-refractivity contribution in [2.45, 2.75) is 43.7 Å². The van der Waals surface area contributed by atoms with Gasteiger partial charge in [-0.2, -0.15) is 8.42 Å². The lowest BCUT2D eigenvalue weighted by atomic mass is 10.1. The van der Waals surface area contributed by atoms with Gasteiger partial charge in [0.25, 0.3) is 10.1 Å². The average molecular weight is 409 g/mol. The fraction of sp³-hybridized carbons (Fsp3) is 0.350. The van der Waals surface area contributed by atoms with E-state index < -0.39 is 16.2 Å². The van der Waals surface area contributed by atoms with Gasteiger partial charge in [0.05, 0.1) is 4.90 Å². The number of hydrogen-bond donors (Lipinski definition) is 3. The lowest BCUT2D eigenvalue weighted by molar-refractivity contribution is -0.146. The summed E-state index contributed by atoms with van der Waals surface area (Å²) in [7, 11) is -4.02. The third kappa shape index (κ3) is 9.61. The highest BCUT2D eigenvalue weighted by molar-refractivity contribution is 7.85. The van der Waals surface area contributed by atoms with Gasteiger partial charge in [0, 0.05) is 0 Å². The summed E-state index contributed by atoms with van der Waals surface area (Å²) in [6.45, 7) is 2.75. The van der Waals surface area contributed by atoms with Crippen LogP contribution in [0.25, 0.3) is 0 Å². The van der Waals surface area contributed by atoms with Crippen molar-refractivity contribution in [2.24, 2.45) is 11.5 Å². The topological polar surface area (TPSA) is 133 Å². The number of carbonyl (C=O) groups is 1. The van der Waals surface area contributed by atoms with Crippen LogP contribution in [0.3, 0.4) is 0 Å². The molecule has 0 aliphatic heterocycles. The average Bonchev–Trinajstić information content (AvgIpc) is 2.67. The Balaban J connectivity index is 0.000000307. The molecule has 0 heterocycles. The van der Waals surface area contributed by atoms with E-state index in [9.17, 15) is 13.2 Å². The van der Waals surface area contributed by atoms with Crippen LogP contribution in [0, 0.1) is 6.92 Å². The van der Waals surface area contributed by atoms with E-state index in [4.69, 9.17) is 20.8 Å². The maximum absolute atomic E-state index is 11.5. The quantitative estimate of drug-likeness (QED) is 0.347. The van der Waals surface area contributed by atoms with E-state index in [0.717, 1.165) is 24.0 Å². The Bertz CT molecular complexity index is 808. The third-order valence-electron chi connectivity index (χ3n) is 3.81. The van der Waals surface area contributed by atoms with Gasteiger partial charge in [0.1, 0.15) is 12.6 Å². The van der Waals surface area contributed by atoms with Crippen molar-refractivity contribution in [1.82, 2.24) is 0 Å². The molecule has 0 fully saturated rings. The predicted octanol–water partition coefficient (Wildman–Crippen LogP) is 2.43. The van der Waals surface area contributed by atoms with E-state index in [1.54, 1.807) is 12.1 Å². The van der Waals surface area contributed by atoms with Gasteiger partial charge in [-0.15, -0.1) is 0 Å². The number of unbranched alkanes of at least 4 members (excludes halogenated alkanes) is 1. The Morgan fingerprint density at radius 3 is 2.21 bits per heavy atom. The summed E-state index contributed by atoms with van der Waals surface area (Å²) in [5.74, 6) is -0.342. The molecule has 1 atom stereocenters. The second-order valence-corrected chi connectivity index (χ2v) is 7.69. The van der Waals surface area contributed by atoms with Crippen molar-refractivity contribution in [1.29, 1.82) is 0 Å². The number of ether oxygens (including phenoxy) is 1. The molecule has 0 spiro atoms. The molecule has 0 saturated carbocycles. The number of benzene rings is 2. The van der Waals surface area contributed by atoms with Gasteiger partial charge < -0.3 is 16.2 Å². The minimum Gasteiger partial charge on any atom is -0.460 e. The highest BCUT2D eigenvalue weighted by Gasteiger charge is 2.14. The standard InChI is InChI=1S/C13H20N2O2.C7H8O3S/c14-9-5-4-8-12(15)13(16)17-10-11-6-2-1-3-7-11;1-6-2-4-7(5-3-6)11(8,9)10/h1-3,6-7,12H,4-5,8-10,14-15H2;2-5H,1H3,(H,8,9,10)/t12-;/m1./s1. The molecular weight excluding hydrogens is 380 g/mol. The smallest absolute Gasteiger partial charge is 0.323 e. The summed E-state index contributed by atoms with van der Waals surface area (Å²) in [6.07, 6.45) is 2.38. The summed E-state index contributed by atoms with van der Waals surface area (Å²) in [5, 5.41) is 0. The molecule has 0 bridgehead atoms. The Labute approximate surface area is 166 Å². The van der Waals surface area contributed by atoms with Crippen LogP contribution < -0.4 is 11.5 Å². The molecular formula is C20H28N2O5S. The summed E-state index contributed by atoms with van der Waals surface area (Å²) in [6, 6.07) is 15.0. The molecule has 8 heteroatoms. The zero-order valence-electron chi connectivity index (χ0n) is 16.0. The van der Waals surface area contributed by atoms with Crippen molar-refractivity contribution in [3.05, 3.63) is 65.7 Å². The molecule has 2 aromatic carbocycles. The van der Waals surface area contributed by atoms with Crippen LogP contribution in [0.4, 0.5) is 0 Å². The van der Waals surface area contributed by atoms with Gasteiger partial charge in [0.2, 0.25) is 0 Å². The van der Waals surface area contributed by atoms with E-state index >= 15 is 0 Å². The second-order valence-electron chi connectivity index (χ2n) is 6.27. The predicted molar refractivity (Wildman–Crippen MR) is 108 cm³/mol. The summed E-state index contributed by atoms with van der Waals surface area (Å²) >= 11 is 0. The summed E-state index contributed by atoms with van der Waals surface area (Å²) in [4.78, 5) is 11.5. The molecule has 154 valence electrons. The first-order valence-corrected chi connectivity index (χ1v) is 10.4. The van der Waals surface area contributed by atoms with E-state index in [1.165, 1.54) is 12.1 Å². The monoisotopic (exact) mass is 408 g/mol.